The minimum atomic E-state index is -0.00316. The Morgan fingerprint density at radius 3 is 2.89 bits per heavy atom. The number of nitrogens with zero attached hydrogens (tertiary/aromatic N) is 2. The third kappa shape index (κ3) is 2.34. The van der Waals surface area contributed by atoms with Crippen molar-refractivity contribution in [3.05, 3.63) is 41.7 Å². The Hall–Kier alpha value is -2.30. The quantitative estimate of drug-likeness (QED) is 0.640. The molecule has 0 atom stereocenters. The van der Waals surface area contributed by atoms with Crippen molar-refractivity contribution in [3.63, 3.8) is 0 Å². The topological polar surface area (TPSA) is 76.9 Å². The van der Waals surface area contributed by atoms with E-state index in [1.165, 1.54) is 0 Å². The Balaban J connectivity index is 2.36. The SMILES string of the molecule is CCn1cc(Oc2c(C)cccc2C(=N)N)cn1. The van der Waals surface area contributed by atoms with Crippen LogP contribution in [-0.2, 0) is 6.54 Å². The number of nitrogens with one attached hydrogen (secondary N) is 1. The van der Waals surface area contributed by atoms with Gasteiger partial charge in [0.15, 0.2) is 5.75 Å². The van der Waals surface area contributed by atoms with Crippen LogP contribution in [0.15, 0.2) is 30.6 Å². The largest absolute Gasteiger partial charge is 0.453 e. The third-order valence-electron chi connectivity index (χ3n) is 2.66. The summed E-state index contributed by atoms with van der Waals surface area (Å²) in [6.07, 6.45) is 3.47. The molecular formula is C13H16N4O. The summed E-state index contributed by atoms with van der Waals surface area (Å²) < 4.78 is 7.56. The summed E-state index contributed by atoms with van der Waals surface area (Å²) in [4.78, 5) is 0. The summed E-state index contributed by atoms with van der Waals surface area (Å²) >= 11 is 0. The minimum Gasteiger partial charge on any atom is -0.453 e. The molecule has 1 aromatic carbocycles. The zero-order valence-electron chi connectivity index (χ0n) is 10.5. The molecule has 0 spiro atoms. The highest BCUT2D eigenvalue weighted by Crippen LogP contribution is 2.28. The van der Waals surface area contributed by atoms with E-state index in [0.717, 1.165) is 12.1 Å². The van der Waals surface area contributed by atoms with Gasteiger partial charge in [-0.3, -0.25) is 10.1 Å². The van der Waals surface area contributed by atoms with Gasteiger partial charge in [-0.25, -0.2) is 0 Å². The fourth-order valence-corrected chi connectivity index (χ4v) is 1.69. The van der Waals surface area contributed by atoms with Crippen LogP contribution in [0.25, 0.3) is 0 Å². The number of hydrogen-bond donors (Lipinski definition) is 2. The van der Waals surface area contributed by atoms with Gasteiger partial charge in [0.25, 0.3) is 0 Å². The molecule has 0 bridgehead atoms. The fourth-order valence-electron chi connectivity index (χ4n) is 1.69. The summed E-state index contributed by atoms with van der Waals surface area (Å²) in [5.41, 5.74) is 7.08. The maximum Gasteiger partial charge on any atom is 0.165 e. The first-order chi connectivity index (χ1) is 8.61. The molecule has 0 fully saturated rings. The van der Waals surface area contributed by atoms with E-state index < -0.39 is 0 Å². The highest BCUT2D eigenvalue weighted by molar-refractivity contribution is 5.98. The predicted molar refractivity (Wildman–Crippen MR) is 70.2 cm³/mol. The van der Waals surface area contributed by atoms with E-state index in [9.17, 15) is 0 Å². The van der Waals surface area contributed by atoms with E-state index in [-0.39, 0.29) is 5.84 Å². The molecule has 0 unspecified atom stereocenters. The number of nitrogen functional groups attached to an aromatic ring is 1. The summed E-state index contributed by atoms with van der Waals surface area (Å²) in [7, 11) is 0. The molecule has 1 aromatic heterocycles. The molecule has 2 aromatic rings. The number of ether oxygens (including phenoxy) is 1. The third-order valence-corrected chi connectivity index (χ3v) is 2.66. The second-order valence-corrected chi connectivity index (χ2v) is 4.00. The Kier molecular flexibility index (Phi) is 3.32. The van der Waals surface area contributed by atoms with E-state index in [1.807, 2.05) is 32.2 Å². The van der Waals surface area contributed by atoms with E-state index >= 15 is 0 Å². The van der Waals surface area contributed by atoms with Crippen LogP contribution in [0, 0.1) is 12.3 Å². The van der Waals surface area contributed by atoms with Crippen molar-refractivity contribution in [2.24, 2.45) is 5.73 Å². The number of rotatable bonds is 4. The monoisotopic (exact) mass is 244 g/mol. The van der Waals surface area contributed by atoms with Gasteiger partial charge in [0, 0.05) is 6.54 Å². The molecule has 5 heteroatoms. The van der Waals surface area contributed by atoms with Crippen LogP contribution in [0.2, 0.25) is 0 Å². The first kappa shape index (κ1) is 12.2. The summed E-state index contributed by atoms with van der Waals surface area (Å²) in [6.45, 7) is 4.72. The number of nitrogens with two attached hydrogens (primary N) is 1. The van der Waals surface area contributed by atoms with Crippen LogP contribution in [-0.4, -0.2) is 15.6 Å². The van der Waals surface area contributed by atoms with Crippen molar-refractivity contribution >= 4 is 5.84 Å². The average Bonchev–Trinajstić information content (AvgIpc) is 2.79. The Morgan fingerprint density at radius 2 is 2.28 bits per heavy atom. The number of aromatic nitrogens is 2. The molecule has 0 aliphatic heterocycles. The lowest BCUT2D eigenvalue weighted by molar-refractivity contribution is 0.476. The number of benzene rings is 1. The molecule has 0 aliphatic carbocycles. The van der Waals surface area contributed by atoms with Crippen molar-refractivity contribution in [2.45, 2.75) is 20.4 Å². The van der Waals surface area contributed by atoms with Crippen LogP contribution in [0.4, 0.5) is 0 Å². The second kappa shape index (κ2) is 4.91. The van der Waals surface area contributed by atoms with Crippen molar-refractivity contribution in [3.8, 4) is 11.5 Å². The molecule has 18 heavy (non-hydrogen) atoms. The predicted octanol–water partition coefficient (Wildman–Crippen LogP) is 2.29. The molecule has 0 aliphatic rings. The van der Waals surface area contributed by atoms with E-state index in [1.54, 1.807) is 16.9 Å². The molecule has 5 nitrogen and oxygen atoms in total. The molecule has 0 amide bonds. The number of amidine groups is 1. The van der Waals surface area contributed by atoms with Crippen LogP contribution >= 0.6 is 0 Å². The lowest BCUT2D eigenvalue weighted by Gasteiger charge is -2.11. The van der Waals surface area contributed by atoms with Gasteiger partial charge in [0.05, 0.1) is 18.0 Å². The second-order valence-electron chi connectivity index (χ2n) is 4.00. The van der Waals surface area contributed by atoms with Crippen LogP contribution in [0.3, 0.4) is 0 Å². The van der Waals surface area contributed by atoms with Gasteiger partial charge in [-0.15, -0.1) is 0 Å². The normalized spacial score (nSPS) is 10.3. The molecule has 3 N–H and O–H groups in total. The van der Waals surface area contributed by atoms with Gasteiger partial charge in [-0.2, -0.15) is 5.10 Å². The highest BCUT2D eigenvalue weighted by atomic mass is 16.5. The number of para-hydroxylation sites is 1. The van der Waals surface area contributed by atoms with Crippen molar-refractivity contribution in [2.75, 3.05) is 0 Å². The first-order valence-corrected chi connectivity index (χ1v) is 5.76. The van der Waals surface area contributed by atoms with E-state index in [2.05, 4.69) is 5.10 Å². The number of aryl methyl sites for hydroxylation is 2. The highest BCUT2D eigenvalue weighted by Gasteiger charge is 2.11. The van der Waals surface area contributed by atoms with E-state index in [0.29, 0.717) is 17.1 Å². The van der Waals surface area contributed by atoms with Crippen molar-refractivity contribution in [1.82, 2.24) is 9.78 Å². The Bertz CT molecular complexity index is 574. The summed E-state index contributed by atoms with van der Waals surface area (Å²) in [6, 6.07) is 5.55. The standard InChI is InChI=1S/C13H16N4O/c1-3-17-8-10(7-16-17)18-12-9(2)5-4-6-11(12)13(14)15/h4-8H,3H2,1-2H3,(H3,14,15). The van der Waals surface area contributed by atoms with Crippen LogP contribution in [0.5, 0.6) is 11.5 Å². The molecule has 0 radical (unpaired) electrons. The lowest BCUT2D eigenvalue weighted by Crippen LogP contribution is -2.12. The van der Waals surface area contributed by atoms with Crippen LogP contribution < -0.4 is 10.5 Å². The minimum absolute atomic E-state index is 0.00316. The molecule has 1 heterocycles. The maximum absolute atomic E-state index is 7.56. The maximum atomic E-state index is 7.56. The molecular weight excluding hydrogens is 228 g/mol. The Morgan fingerprint density at radius 1 is 1.50 bits per heavy atom. The lowest BCUT2D eigenvalue weighted by atomic mass is 10.1. The van der Waals surface area contributed by atoms with Crippen molar-refractivity contribution in [1.29, 1.82) is 5.41 Å². The Labute approximate surface area is 106 Å². The summed E-state index contributed by atoms with van der Waals surface area (Å²) in [5.74, 6) is 1.26. The van der Waals surface area contributed by atoms with Crippen molar-refractivity contribution < 1.29 is 4.74 Å². The summed E-state index contributed by atoms with van der Waals surface area (Å²) in [5, 5.41) is 11.7. The van der Waals surface area contributed by atoms with Gasteiger partial charge >= 0.3 is 0 Å². The first-order valence-electron chi connectivity index (χ1n) is 5.76. The van der Waals surface area contributed by atoms with Gasteiger partial charge < -0.3 is 10.5 Å². The fraction of sp³-hybridized carbons (Fsp3) is 0.231. The smallest absolute Gasteiger partial charge is 0.165 e. The molecule has 2 rings (SSSR count). The van der Waals surface area contributed by atoms with Gasteiger partial charge in [0.1, 0.15) is 11.6 Å². The molecule has 0 saturated carbocycles. The average molecular weight is 244 g/mol. The van der Waals surface area contributed by atoms with Gasteiger partial charge in [-0.05, 0) is 25.5 Å². The molecule has 94 valence electrons. The zero-order valence-corrected chi connectivity index (χ0v) is 10.5. The van der Waals surface area contributed by atoms with Gasteiger partial charge in [0.2, 0.25) is 0 Å². The molecule has 0 saturated heterocycles. The van der Waals surface area contributed by atoms with Crippen LogP contribution in [0.1, 0.15) is 18.1 Å². The zero-order chi connectivity index (χ0) is 13.1. The van der Waals surface area contributed by atoms with E-state index in [4.69, 9.17) is 15.9 Å². The number of hydrogen-bond acceptors (Lipinski definition) is 3. The van der Waals surface area contributed by atoms with Gasteiger partial charge in [-0.1, -0.05) is 12.1 Å².